The van der Waals surface area contributed by atoms with Gasteiger partial charge in [0.1, 0.15) is 0 Å². The van der Waals surface area contributed by atoms with Crippen molar-refractivity contribution in [1.82, 2.24) is 5.32 Å². The Morgan fingerprint density at radius 2 is 2.21 bits per heavy atom. The zero-order valence-corrected chi connectivity index (χ0v) is 11.3. The lowest BCUT2D eigenvalue weighted by Crippen LogP contribution is -2.53. The van der Waals surface area contributed by atoms with Crippen LogP contribution in [0.15, 0.2) is 30.3 Å². The topological polar surface area (TPSA) is 58.6 Å². The van der Waals surface area contributed by atoms with E-state index in [1.54, 1.807) is 0 Å². The fraction of sp³-hybridized carbons (Fsp3) is 0.533. The summed E-state index contributed by atoms with van der Waals surface area (Å²) < 4.78 is 5.30. The van der Waals surface area contributed by atoms with Crippen molar-refractivity contribution in [2.45, 2.75) is 31.2 Å². The van der Waals surface area contributed by atoms with Crippen molar-refractivity contribution in [1.29, 1.82) is 0 Å². The van der Waals surface area contributed by atoms with Gasteiger partial charge in [-0.3, -0.25) is 4.79 Å². The van der Waals surface area contributed by atoms with Gasteiger partial charge in [0.15, 0.2) is 0 Å². The summed E-state index contributed by atoms with van der Waals surface area (Å²) >= 11 is 0. The average molecular weight is 263 g/mol. The van der Waals surface area contributed by atoms with Crippen LogP contribution in [0.4, 0.5) is 0 Å². The Hall–Kier alpha value is -1.39. The molecule has 2 unspecified atom stereocenters. The second-order valence-corrected chi connectivity index (χ2v) is 5.10. The molecule has 4 nitrogen and oxygen atoms in total. The maximum absolute atomic E-state index is 12.4. The summed E-state index contributed by atoms with van der Waals surface area (Å²) in [6.07, 6.45) is 1.40. The normalized spacial score (nSPS) is 24.1. The maximum Gasteiger partial charge on any atom is 0.228 e. The highest BCUT2D eigenvalue weighted by Gasteiger charge is 2.37. The van der Waals surface area contributed by atoms with Gasteiger partial charge in [-0.1, -0.05) is 37.3 Å². The van der Waals surface area contributed by atoms with Crippen LogP contribution in [0.3, 0.4) is 0 Å². The van der Waals surface area contributed by atoms with Crippen molar-refractivity contribution < 1.29 is 14.6 Å². The second kappa shape index (κ2) is 6.17. The molecule has 1 aromatic carbocycles. The van der Waals surface area contributed by atoms with Crippen LogP contribution >= 0.6 is 0 Å². The van der Waals surface area contributed by atoms with E-state index >= 15 is 0 Å². The van der Waals surface area contributed by atoms with Gasteiger partial charge in [-0.15, -0.1) is 0 Å². The molecule has 2 atom stereocenters. The first kappa shape index (κ1) is 14.0. The zero-order chi connectivity index (χ0) is 13.7. The van der Waals surface area contributed by atoms with Crippen molar-refractivity contribution in [3.63, 3.8) is 0 Å². The van der Waals surface area contributed by atoms with Crippen LogP contribution in [0.1, 0.15) is 31.2 Å². The number of hydrogen-bond acceptors (Lipinski definition) is 3. The fourth-order valence-electron chi connectivity index (χ4n) is 2.48. The maximum atomic E-state index is 12.4. The predicted molar refractivity (Wildman–Crippen MR) is 72.9 cm³/mol. The van der Waals surface area contributed by atoms with Gasteiger partial charge < -0.3 is 15.2 Å². The molecule has 0 aromatic heterocycles. The Kier molecular flexibility index (Phi) is 4.56. The standard InChI is InChI=1S/C15H21NO3/c1-2-13(12-6-4-3-5-7-12)14(18)16-15(10-17)8-9-19-11-15/h3-7,13,17H,2,8-11H2,1H3,(H,16,18). The summed E-state index contributed by atoms with van der Waals surface area (Å²) in [4.78, 5) is 12.4. The fourth-order valence-corrected chi connectivity index (χ4v) is 2.48. The minimum atomic E-state index is -0.598. The number of benzene rings is 1. The molecular weight excluding hydrogens is 242 g/mol. The minimum absolute atomic E-state index is 0.0340. The Balaban J connectivity index is 2.09. The van der Waals surface area contributed by atoms with Gasteiger partial charge >= 0.3 is 0 Å². The van der Waals surface area contributed by atoms with Crippen molar-refractivity contribution in [3.8, 4) is 0 Å². The summed E-state index contributed by atoms with van der Waals surface area (Å²) in [6.45, 7) is 2.89. The summed E-state index contributed by atoms with van der Waals surface area (Å²) in [5, 5.41) is 12.5. The molecule has 19 heavy (non-hydrogen) atoms. The van der Waals surface area contributed by atoms with E-state index in [1.165, 1.54) is 0 Å². The molecule has 0 bridgehead atoms. The van der Waals surface area contributed by atoms with E-state index in [-0.39, 0.29) is 18.4 Å². The summed E-state index contributed by atoms with van der Waals surface area (Å²) in [6, 6.07) is 9.74. The lowest BCUT2D eigenvalue weighted by Gasteiger charge is -2.28. The number of rotatable bonds is 5. The van der Waals surface area contributed by atoms with E-state index in [1.807, 2.05) is 37.3 Å². The molecular formula is C15H21NO3. The van der Waals surface area contributed by atoms with Crippen LogP contribution in [-0.2, 0) is 9.53 Å². The Labute approximate surface area is 113 Å². The molecule has 1 aliphatic rings. The largest absolute Gasteiger partial charge is 0.394 e. The average Bonchev–Trinajstić information content (AvgIpc) is 2.90. The van der Waals surface area contributed by atoms with Crippen LogP contribution in [0.25, 0.3) is 0 Å². The third-order valence-electron chi connectivity index (χ3n) is 3.72. The summed E-state index contributed by atoms with van der Waals surface area (Å²) in [5.74, 6) is -0.210. The van der Waals surface area contributed by atoms with E-state index < -0.39 is 5.54 Å². The first-order valence-corrected chi connectivity index (χ1v) is 6.76. The smallest absolute Gasteiger partial charge is 0.228 e. The molecule has 104 valence electrons. The number of carbonyl (C=O) groups excluding carboxylic acids is 1. The Bertz CT molecular complexity index is 413. The van der Waals surface area contributed by atoms with Gasteiger partial charge in [0.05, 0.1) is 24.7 Å². The third-order valence-corrected chi connectivity index (χ3v) is 3.72. The summed E-state index contributed by atoms with van der Waals surface area (Å²) in [7, 11) is 0. The highest BCUT2D eigenvalue weighted by atomic mass is 16.5. The van der Waals surface area contributed by atoms with Gasteiger partial charge in [0.25, 0.3) is 0 Å². The van der Waals surface area contributed by atoms with Gasteiger partial charge in [-0.2, -0.15) is 0 Å². The van der Waals surface area contributed by atoms with E-state index in [0.29, 0.717) is 19.6 Å². The molecule has 2 N–H and O–H groups in total. The zero-order valence-electron chi connectivity index (χ0n) is 11.3. The van der Waals surface area contributed by atoms with Crippen LogP contribution < -0.4 is 5.32 Å². The number of aliphatic hydroxyl groups is 1. The highest BCUT2D eigenvalue weighted by molar-refractivity contribution is 5.84. The molecule has 0 radical (unpaired) electrons. The van der Waals surface area contributed by atoms with Crippen molar-refractivity contribution in [2.24, 2.45) is 0 Å². The summed E-state index contributed by atoms with van der Waals surface area (Å²) in [5.41, 5.74) is 0.411. The molecule has 0 saturated carbocycles. The van der Waals surface area contributed by atoms with E-state index in [4.69, 9.17) is 4.74 Å². The minimum Gasteiger partial charge on any atom is -0.394 e. The van der Waals surface area contributed by atoms with Crippen LogP contribution in [0.2, 0.25) is 0 Å². The SMILES string of the molecule is CCC(C(=O)NC1(CO)CCOC1)c1ccccc1. The predicted octanol–water partition coefficient (Wildman–Crippen LogP) is 1.45. The Morgan fingerprint density at radius 1 is 1.47 bits per heavy atom. The Morgan fingerprint density at radius 3 is 2.74 bits per heavy atom. The van der Waals surface area contributed by atoms with Crippen LogP contribution in [0.5, 0.6) is 0 Å². The number of hydrogen-bond donors (Lipinski definition) is 2. The van der Waals surface area contributed by atoms with Gasteiger partial charge in [-0.25, -0.2) is 0 Å². The van der Waals surface area contributed by atoms with E-state index in [9.17, 15) is 9.90 Å². The van der Waals surface area contributed by atoms with Crippen molar-refractivity contribution >= 4 is 5.91 Å². The quantitative estimate of drug-likeness (QED) is 0.845. The molecule has 1 aliphatic heterocycles. The van der Waals surface area contributed by atoms with Gasteiger partial charge in [-0.05, 0) is 18.4 Å². The molecule has 1 aromatic rings. The van der Waals surface area contributed by atoms with Gasteiger partial charge in [0, 0.05) is 6.61 Å². The third kappa shape index (κ3) is 3.14. The van der Waals surface area contributed by atoms with E-state index in [0.717, 1.165) is 12.0 Å². The molecule has 1 fully saturated rings. The number of carbonyl (C=O) groups is 1. The first-order valence-electron chi connectivity index (χ1n) is 6.76. The number of aliphatic hydroxyl groups excluding tert-OH is 1. The second-order valence-electron chi connectivity index (χ2n) is 5.10. The first-order chi connectivity index (χ1) is 9.21. The molecule has 1 saturated heterocycles. The number of amides is 1. The van der Waals surface area contributed by atoms with Gasteiger partial charge in [0.2, 0.25) is 5.91 Å². The van der Waals surface area contributed by atoms with Crippen LogP contribution in [-0.4, -0.2) is 36.4 Å². The molecule has 4 heteroatoms. The lowest BCUT2D eigenvalue weighted by atomic mass is 9.93. The molecule has 2 rings (SSSR count). The van der Waals surface area contributed by atoms with Crippen molar-refractivity contribution in [2.75, 3.05) is 19.8 Å². The number of nitrogens with one attached hydrogen (secondary N) is 1. The lowest BCUT2D eigenvalue weighted by molar-refractivity contribution is -0.125. The van der Waals surface area contributed by atoms with E-state index in [2.05, 4.69) is 5.32 Å². The monoisotopic (exact) mass is 263 g/mol. The molecule has 0 spiro atoms. The highest BCUT2D eigenvalue weighted by Crippen LogP contribution is 2.23. The van der Waals surface area contributed by atoms with Crippen LogP contribution in [0, 0.1) is 0 Å². The number of ether oxygens (including phenoxy) is 1. The molecule has 0 aliphatic carbocycles. The molecule has 1 amide bonds. The molecule has 1 heterocycles. The van der Waals surface area contributed by atoms with Crippen molar-refractivity contribution in [3.05, 3.63) is 35.9 Å².